The Balaban J connectivity index is 1.64. The minimum Gasteiger partial charge on any atom is -0.360 e. The molecule has 7 nitrogen and oxygen atoms in total. The third kappa shape index (κ3) is 3.38. The van der Waals surface area contributed by atoms with E-state index in [0.29, 0.717) is 18.0 Å². The number of aromatic nitrogens is 1. The summed E-state index contributed by atoms with van der Waals surface area (Å²) < 4.78 is 32.9. The van der Waals surface area contributed by atoms with Crippen LogP contribution in [0.5, 0.6) is 0 Å². The van der Waals surface area contributed by atoms with Crippen LogP contribution >= 0.6 is 0 Å². The van der Waals surface area contributed by atoms with Gasteiger partial charge in [0.25, 0.3) is 15.9 Å². The van der Waals surface area contributed by atoms with Crippen LogP contribution in [0.15, 0.2) is 64.0 Å². The fourth-order valence-electron chi connectivity index (χ4n) is 3.29. The van der Waals surface area contributed by atoms with Gasteiger partial charge in [-0.15, -0.1) is 0 Å². The first-order valence-corrected chi connectivity index (χ1v) is 10.3. The van der Waals surface area contributed by atoms with Crippen LogP contribution < -0.4 is 9.62 Å². The Bertz CT molecular complexity index is 1140. The summed E-state index contributed by atoms with van der Waals surface area (Å²) in [6, 6.07) is 15.1. The third-order valence-electron chi connectivity index (χ3n) is 4.62. The van der Waals surface area contributed by atoms with E-state index in [2.05, 4.69) is 10.5 Å². The van der Waals surface area contributed by atoms with Crippen molar-refractivity contribution < 1.29 is 17.7 Å². The molecule has 0 aliphatic carbocycles. The molecule has 0 fully saturated rings. The van der Waals surface area contributed by atoms with Crippen molar-refractivity contribution in [1.82, 2.24) is 5.16 Å². The predicted octanol–water partition coefficient (Wildman–Crippen LogP) is 3.38. The number of sulfonamides is 1. The van der Waals surface area contributed by atoms with E-state index in [-0.39, 0.29) is 16.3 Å². The highest BCUT2D eigenvalue weighted by atomic mass is 32.2. The number of hydrogen-bond donors (Lipinski definition) is 1. The molecule has 1 amide bonds. The van der Waals surface area contributed by atoms with Crippen molar-refractivity contribution in [2.24, 2.45) is 0 Å². The monoisotopic (exact) mass is 397 g/mol. The van der Waals surface area contributed by atoms with E-state index >= 15 is 0 Å². The number of fused-ring (bicyclic) bond motifs is 1. The quantitative estimate of drug-likeness (QED) is 0.729. The third-order valence-corrected chi connectivity index (χ3v) is 6.43. The molecule has 0 unspecified atom stereocenters. The molecule has 1 aliphatic rings. The van der Waals surface area contributed by atoms with Crippen LogP contribution in [-0.2, 0) is 16.4 Å². The Labute approximate surface area is 163 Å². The fraction of sp³-hybridized carbons (Fsp3) is 0.200. The second kappa shape index (κ2) is 7.12. The summed E-state index contributed by atoms with van der Waals surface area (Å²) in [6.45, 7) is 2.13. The van der Waals surface area contributed by atoms with Crippen LogP contribution in [0, 0.1) is 6.92 Å². The van der Waals surface area contributed by atoms with Crippen molar-refractivity contribution in [3.05, 3.63) is 71.5 Å². The molecule has 0 spiro atoms. The lowest BCUT2D eigenvalue weighted by Gasteiger charge is -2.30. The number of nitrogens with zero attached hydrogens (tertiary/aromatic N) is 2. The summed E-state index contributed by atoms with van der Waals surface area (Å²) in [7, 11) is -3.78. The minimum atomic E-state index is -3.78. The van der Waals surface area contributed by atoms with E-state index in [1.807, 2.05) is 24.3 Å². The van der Waals surface area contributed by atoms with Crippen molar-refractivity contribution in [2.45, 2.75) is 24.7 Å². The molecule has 3 aromatic rings. The molecule has 0 saturated carbocycles. The van der Waals surface area contributed by atoms with Gasteiger partial charge in [0.2, 0.25) is 0 Å². The average molecular weight is 397 g/mol. The second-order valence-corrected chi connectivity index (χ2v) is 8.48. The summed E-state index contributed by atoms with van der Waals surface area (Å²) in [6.07, 6.45) is 1.60. The smallest absolute Gasteiger partial charge is 0.264 e. The van der Waals surface area contributed by atoms with Gasteiger partial charge in [0.05, 0.1) is 10.6 Å². The molecule has 4 rings (SSSR count). The number of carbonyl (C=O) groups is 1. The Kier molecular flexibility index (Phi) is 4.64. The van der Waals surface area contributed by atoms with Crippen LogP contribution in [0.2, 0.25) is 0 Å². The van der Waals surface area contributed by atoms with E-state index in [0.717, 1.165) is 18.4 Å². The lowest BCUT2D eigenvalue weighted by atomic mass is 10.0. The number of nitrogens with one attached hydrogen (secondary N) is 1. The molecule has 2 aromatic carbocycles. The van der Waals surface area contributed by atoms with E-state index < -0.39 is 15.9 Å². The van der Waals surface area contributed by atoms with Crippen molar-refractivity contribution in [3.8, 4) is 0 Å². The number of para-hydroxylation sites is 1. The van der Waals surface area contributed by atoms with Gasteiger partial charge in [-0.1, -0.05) is 29.4 Å². The van der Waals surface area contributed by atoms with Gasteiger partial charge in [-0.2, -0.15) is 0 Å². The molecular formula is C20H19N3O4S. The zero-order valence-electron chi connectivity index (χ0n) is 15.3. The van der Waals surface area contributed by atoms with Crippen molar-refractivity contribution in [1.29, 1.82) is 0 Å². The number of aryl methyl sites for hydroxylation is 2. The number of benzene rings is 2. The van der Waals surface area contributed by atoms with E-state index in [9.17, 15) is 13.2 Å². The molecular weight excluding hydrogens is 378 g/mol. The SMILES string of the molecule is Cc1cc(NC(=O)c2cccc(S(=O)(=O)N3CCCc4ccccc43)c2)no1. The van der Waals surface area contributed by atoms with Gasteiger partial charge in [0, 0.05) is 18.2 Å². The Morgan fingerprint density at radius 2 is 1.96 bits per heavy atom. The van der Waals surface area contributed by atoms with Gasteiger partial charge in [0.1, 0.15) is 5.76 Å². The first kappa shape index (κ1) is 18.2. The summed E-state index contributed by atoms with van der Waals surface area (Å²) >= 11 is 0. The molecule has 8 heteroatoms. The van der Waals surface area contributed by atoms with Crippen LogP contribution in [0.25, 0.3) is 0 Å². The number of rotatable bonds is 4. The lowest BCUT2D eigenvalue weighted by molar-refractivity contribution is 0.102. The van der Waals surface area contributed by atoms with Crippen LogP contribution in [-0.4, -0.2) is 26.0 Å². The number of hydrogen-bond acceptors (Lipinski definition) is 5. The zero-order valence-corrected chi connectivity index (χ0v) is 16.1. The molecule has 2 heterocycles. The predicted molar refractivity (Wildman–Crippen MR) is 105 cm³/mol. The number of amides is 1. The maximum absolute atomic E-state index is 13.3. The average Bonchev–Trinajstić information content (AvgIpc) is 3.12. The standard InChI is InChI=1S/C20H19N3O4S/c1-14-12-19(22-27-14)21-20(24)16-7-4-9-17(13-16)28(25,26)23-11-5-8-15-6-2-3-10-18(15)23/h2-4,6-7,9-10,12-13H,5,8,11H2,1H3,(H,21,22,24). The highest BCUT2D eigenvalue weighted by molar-refractivity contribution is 7.92. The van der Waals surface area contributed by atoms with Crippen LogP contribution in [0.3, 0.4) is 0 Å². The van der Waals surface area contributed by atoms with Gasteiger partial charge in [-0.3, -0.25) is 9.10 Å². The fourth-order valence-corrected chi connectivity index (χ4v) is 4.88. The summed E-state index contributed by atoms with van der Waals surface area (Å²) in [5.74, 6) is 0.389. The van der Waals surface area contributed by atoms with Gasteiger partial charge < -0.3 is 9.84 Å². The highest BCUT2D eigenvalue weighted by Crippen LogP contribution is 2.32. The maximum Gasteiger partial charge on any atom is 0.264 e. The van der Waals surface area contributed by atoms with Gasteiger partial charge >= 0.3 is 0 Å². The zero-order chi connectivity index (χ0) is 19.7. The van der Waals surface area contributed by atoms with Crippen molar-refractivity contribution in [3.63, 3.8) is 0 Å². The van der Waals surface area contributed by atoms with Gasteiger partial charge in [-0.05, 0) is 49.6 Å². The van der Waals surface area contributed by atoms with Crippen molar-refractivity contribution >= 4 is 27.4 Å². The summed E-state index contributed by atoms with van der Waals surface area (Å²) in [4.78, 5) is 12.6. The molecule has 0 radical (unpaired) electrons. The van der Waals surface area contributed by atoms with E-state index in [1.165, 1.54) is 16.4 Å². The van der Waals surface area contributed by atoms with Gasteiger partial charge in [-0.25, -0.2) is 8.42 Å². The minimum absolute atomic E-state index is 0.0770. The number of carbonyl (C=O) groups excluding carboxylic acids is 1. The Morgan fingerprint density at radius 3 is 2.75 bits per heavy atom. The molecule has 0 bridgehead atoms. The first-order valence-electron chi connectivity index (χ1n) is 8.90. The lowest BCUT2D eigenvalue weighted by Crippen LogP contribution is -2.35. The Morgan fingerprint density at radius 1 is 1.14 bits per heavy atom. The molecule has 0 saturated heterocycles. The second-order valence-electron chi connectivity index (χ2n) is 6.61. The van der Waals surface area contributed by atoms with Crippen LogP contribution in [0.4, 0.5) is 11.5 Å². The molecule has 0 atom stereocenters. The number of anilines is 2. The van der Waals surface area contributed by atoms with Crippen molar-refractivity contribution in [2.75, 3.05) is 16.2 Å². The molecule has 1 aromatic heterocycles. The topological polar surface area (TPSA) is 92.5 Å². The molecule has 28 heavy (non-hydrogen) atoms. The normalized spacial score (nSPS) is 13.8. The van der Waals surface area contributed by atoms with Crippen LogP contribution in [0.1, 0.15) is 28.1 Å². The summed E-state index contributed by atoms with van der Waals surface area (Å²) in [5, 5.41) is 6.32. The molecule has 144 valence electrons. The van der Waals surface area contributed by atoms with E-state index in [4.69, 9.17) is 4.52 Å². The Hall–Kier alpha value is -3.13. The molecule has 1 N–H and O–H groups in total. The first-order chi connectivity index (χ1) is 13.4. The van der Waals surface area contributed by atoms with Gasteiger partial charge in [0.15, 0.2) is 5.82 Å². The highest BCUT2D eigenvalue weighted by Gasteiger charge is 2.29. The summed E-state index contributed by atoms with van der Waals surface area (Å²) in [5.41, 5.74) is 1.93. The van der Waals surface area contributed by atoms with E-state index in [1.54, 1.807) is 25.1 Å². The maximum atomic E-state index is 13.3. The molecule has 1 aliphatic heterocycles. The largest absolute Gasteiger partial charge is 0.360 e.